The standard InChI is InChI=1S/C80H153NO5/c1-3-5-7-9-11-13-15-17-19-21-22-23-32-35-38-41-44-48-52-56-60-64-68-72-78(83)77(76-82)81-79(84)73-69-65-61-57-53-49-45-42-39-36-33-30-28-26-24-25-27-29-31-34-37-40-43-47-51-55-59-63-67-71-75-86-80(85)74-70-66-62-58-54-50-46-20-18-16-14-12-10-8-6-4-2/h20,25,27,46,68,72,77-78,82-83H,3-19,21-24,26,28-45,47-67,69-71,73-76H2,1-2H3,(H,81,84)/b27-25-,46-20-,72-68+. The van der Waals surface area contributed by atoms with Gasteiger partial charge in [0, 0.05) is 12.8 Å². The number of allylic oxidation sites excluding steroid dienone is 5. The average Bonchev–Trinajstić information content (AvgIpc) is 3.53. The smallest absolute Gasteiger partial charge is 0.305 e. The van der Waals surface area contributed by atoms with Crippen LogP contribution in [0.15, 0.2) is 36.5 Å². The normalized spacial score (nSPS) is 12.7. The molecule has 0 saturated carbocycles. The molecule has 6 heteroatoms. The first-order valence-electron chi connectivity index (χ1n) is 39.3. The van der Waals surface area contributed by atoms with Crippen molar-refractivity contribution in [1.29, 1.82) is 0 Å². The van der Waals surface area contributed by atoms with Gasteiger partial charge in [0.25, 0.3) is 0 Å². The lowest BCUT2D eigenvalue weighted by atomic mass is 10.0. The Hall–Kier alpha value is -1.92. The van der Waals surface area contributed by atoms with E-state index in [4.69, 9.17) is 4.74 Å². The maximum Gasteiger partial charge on any atom is 0.305 e. The molecule has 86 heavy (non-hydrogen) atoms. The SMILES string of the molecule is CCCCCCCCC/C=C\CCCCCCCC(=O)OCCCCCCCCCCCCCC/C=C\CCCCCCCCCCCCCCCCC(=O)NC(CO)C(O)/C=C/CCCCCCCCCCCCCCCCCCCCCCC. The van der Waals surface area contributed by atoms with Gasteiger partial charge in [0.2, 0.25) is 5.91 Å². The van der Waals surface area contributed by atoms with Crippen molar-refractivity contribution in [1.82, 2.24) is 5.32 Å². The molecule has 0 radical (unpaired) electrons. The molecule has 0 saturated heterocycles. The van der Waals surface area contributed by atoms with Gasteiger partial charge in [-0.1, -0.05) is 378 Å². The molecule has 2 unspecified atom stereocenters. The Balaban J connectivity index is 3.39. The van der Waals surface area contributed by atoms with Gasteiger partial charge in [0.05, 0.1) is 25.4 Å². The molecule has 0 aliphatic rings. The second-order valence-corrected chi connectivity index (χ2v) is 27.0. The van der Waals surface area contributed by atoms with Gasteiger partial charge >= 0.3 is 5.97 Å². The van der Waals surface area contributed by atoms with Gasteiger partial charge in [-0.3, -0.25) is 9.59 Å². The highest BCUT2D eigenvalue weighted by atomic mass is 16.5. The fraction of sp³-hybridized carbons (Fsp3) is 0.900. The number of esters is 1. The predicted octanol–water partition coefficient (Wildman–Crippen LogP) is 25.8. The molecule has 0 fully saturated rings. The molecule has 0 bridgehead atoms. The van der Waals surface area contributed by atoms with Crippen LogP contribution in [0.5, 0.6) is 0 Å². The van der Waals surface area contributed by atoms with Crippen LogP contribution in [0.1, 0.15) is 438 Å². The summed E-state index contributed by atoms with van der Waals surface area (Å²) in [6, 6.07) is -0.628. The van der Waals surface area contributed by atoms with Crippen molar-refractivity contribution in [2.24, 2.45) is 0 Å². The van der Waals surface area contributed by atoms with Crippen LogP contribution < -0.4 is 5.32 Å². The largest absolute Gasteiger partial charge is 0.466 e. The zero-order chi connectivity index (χ0) is 62.0. The van der Waals surface area contributed by atoms with Crippen molar-refractivity contribution in [2.45, 2.75) is 450 Å². The molecule has 0 aromatic carbocycles. The summed E-state index contributed by atoms with van der Waals surface area (Å²) < 4.78 is 5.50. The van der Waals surface area contributed by atoms with Gasteiger partial charge in [-0.05, 0) is 83.5 Å². The summed E-state index contributed by atoms with van der Waals surface area (Å²) in [6.07, 6.45) is 98.3. The fourth-order valence-corrected chi connectivity index (χ4v) is 12.4. The number of ether oxygens (including phenoxy) is 1. The van der Waals surface area contributed by atoms with E-state index in [0.29, 0.717) is 19.4 Å². The predicted molar refractivity (Wildman–Crippen MR) is 379 cm³/mol. The first kappa shape index (κ1) is 84.1. The lowest BCUT2D eigenvalue weighted by molar-refractivity contribution is -0.143. The van der Waals surface area contributed by atoms with E-state index in [1.807, 2.05) is 6.08 Å². The lowest BCUT2D eigenvalue weighted by Gasteiger charge is -2.20. The maximum absolute atomic E-state index is 12.5. The van der Waals surface area contributed by atoms with Crippen molar-refractivity contribution in [2.75, 3.05) is 13.2 Å². The molecule has 0 aromatic rings. The monoisotopic (exact) mass is 1210 g/mol. The molecule has 0 spiro atoms. The Morgan fingerprint density at radius 1 is 0.314 bits per heavy atom. The molecule has 0 aliphatic carbocycles. The lowest BCUT2D eigenvalue weighted by Crippen LogP contribution is -2.45. The number of aliphatic hydroxyl groups excluding tert-OH is 2. The van der Waals surface area contributed by atoms with Crippen LogP contribution in [0.4, 0.5) is 0 Å². The highest BCUT2D eigenvalue weighted by Gasteiger charge is 2.18. The third-order valence-electron chi connectivity index (χ3n) is 18.4. The van der Waals surface area contributed by atoms with Gasteiger partial charge in [-0.2, -0.15) is 0 Å². The second-order valence-electron chi connectivity index (χ2n) is 27.0. The molecular weight excluding hydrogens is 1050 g/mol. The van der Waals surface area contributed by atoms with Gasteiger partial charge in [-0.25, -0.2) is 0 Å². The molecule has 0 rings (SSSR count). The first-order valence-corrected chi connectivity index (χ1v) is 39.3. The van der Waals surface area contributed by atoms with E-state index in [2.05, 4.69) is 43.5 Å². The second kappa shape index (κ2) is 75.5. The minimum Gasteiger partial charge on any atom is -0.466 e. The summed E-state index contributed by atoms with van der Waals surface area (Å²) in [5, 5.41) is 23.3. The quantitative estimate of drug-likeness (QED) is 0.0320. The third kappa shape index (κ3) is 71.2. The topological polar surface area (TPSA) is 95.9 Å². The first-order chi connectivity index (χ1) is 42.5. The van der Waals surface area contributed by atoms with E-state index in [-0.39, 0.29) is 18.5 Å². The minimum absolute atomic E-state index is 0.0102. The Kier molecular flexibility index (Phi) is 73.9. The molecule has 1 amide bonds. The van der Waals surface area contributed by atoms with Crippen molar-refractivity contribution in [3.63, 3.8) is 0 Å². The summed E-state index contributed by atoms with van der Waals surface area (Å²) in [5.74, 6) is -0.0517. The number of aliphatic hydroxyl groups is 2. The van der Waals surface area contributed by atoms with Crippen molar-refractivity contribution in [3.05, 3.63) is 36.5 Å². The van der Waals surface area contributed by atoms with E-state index in [9.17, 15) is 19.8 Å². The molecule has 3 N–H and O–H groups in total. The number of carbonyl (C=O) groups is 2. The number of hydrogen-bond acceptors (Lipinski definition) is 5. The zero-order valence-electron chi connectivity index (χ0n) is 58.3. The number of unbranched alkanes of at least 4 members (excludes halogenated alkanes) is 59. The van der Waals surface area contributed by atoms with E-state index in [0.717, 1.165) is 44.9 Å². The maximum atomic E-state index is 12.5. The molecule has 2 atom stereocenters. The van der Waals surface area contributed by atoms with Crippen LogP contribution in [0.3, 0.4) is 0 Å². The summed E-state index contributed by atoms with van der Waals surface area (Å²) >= 11 is 0. The fourth-order valence-electron chi connectivity index (χ4n) is 12.4. The van der Waals surface area contributed by atoms with E-state index in [1.54, 1.807) is 6.08 Å². The number of nitrogens with one attached hydrogen (secondary N) is 1. The molecule has 508 valence electrons. The third-order valence-corrected chi connectivity index (χ3v) is 18.4. The van der Waals surface area contributed by atoms with Crippen LogP contribution >= 0.6 is 0 Å². The Morgan fingerprint density at radius 3 is 0.826 bits per heavy atom. The summed E-state index contributed by atoms with van der Waals surface area (Å²) in [4.78, 5) is 24.6. The van der Waals surface area contributed by atoms with Gasteiger partial charge in [0.15, 0.2) is 0 Å². The molecule has 0 heterocycles. The molecule has 0 aromatic heterocycles. The van der Waals surface area contributed by atoms with Crippen LogP contribution in [0.25, 0.3) is 0 Å². The van der Waals surface area contributed by atoms with Crippen LogP contribution in [0.2, 0.25) is 0 Å². The van der Waals surface area contributed by atoms with Crippen molar-refractivity contribution in [3.8, 4) is 0 Å². The van der Waals surface area contributed by atoms with Gasteiger partial charge in [-0.15, -0.1) is 0 Å². The van der Waals surface area contributed by atoms with Gasteiger partial charge < -0.3 is 20.3 Å². The molecule has 6 nitrogen and oxygen atoms in total. The highest BCUT2D eigenvalue weighted by molar-refractivity contribution is 5.76. The van der Waals surface area contributed by atoms with E-state index in [1.165, 1.54) is 366 Å². The van der Waals surface area contributed by atoms with E-state index >= 15 is 0 Å². The average molecular weight is 1210 g/mol. The van der Waals surface area contributed by atoms with Crippen molar-refractivity contribution >= 4 is 11.9 Å². The minimum atomic E-state index is -0.845. The van der Waals surface area contributed by atoms with Gasteiger partial charge in [0.1, 0.15) is 0 Å². The molecular formula is C80H153NO5. The highest BCUT2D eigenvalue weighted by Crippen LogP contribution is 2.19. The summed E-state index contributed by atoms with van der Waals surface area (Å²) in [5.41, 5.74) is 0. The number of carbonyl (C=O) groups excluding carboxylic acids is 2. The molecule has 0 aliphatic heterocycles. The Morgan fingerprint density at radius 2 is 0.547 bits per heavy atom. The number of hydrogen-bond donors (Lipinski definition) is 3. The van der Waals surface area contributed by atoms with Crippen LogP contribution in [-0.2, 0) is 14.3 Å². The Labute approximate surface area is 538 Å². The summed E-state index contributed by atoms with van der Waals surface area (Å²) in [6.45, 7) is 4.94. The van der Waals surface area contributed by atoms with Crippen molar-refractivity contribution < 1.29 is 24.5 Å². The zero-order valence-corrected chi connectivity index (χ0v) is 58.3. The van der Waals surface area contributed by atoms with Crippen LogP contribution in [-0.4, -0.2) is 47.4 Å². The summed E-state index contributed by atoms with van der Waals surface area (Å²) in [7, 11) is 0. The Bertz CT molecular complexity index is 1390. The van der Waals surface area contributed by atoms with E-state index < -0.39 is 12.1 Å². The number of rotatable bonds is 74. The number of amides is 1. The van der Waals surface area contributed by atoms with Crippen LogP contribution in [0, 0.1) is 0 Å².